The Kier molecular flexibility index (Phi) is 9.25. The van der Waals surface area contributed by atoms with Crippen LogP contribution in [-0.4, -0.2) is 55.7 Å². The van der Waals surface area contributed by atoms with Crippen molar-refractivity contribution in [3.8, 4) is 0 Å². The highest BCUT2D eigenvalue weighted by atomic mass is 35.5. The first kappa shape index (κ1) is 22.5. The monoisotopic (exact) mass is 421 g/mol. The number of hydrogen-bond acceptors (Lipinski definition) is 4. The highest BCUT2D eigenvalue weighted by Gasteiger charge is 2.37. The molecule has 6 heteroatoms. The third-order valence-electron chi connectivity index (χ3n) is 6.19. The summed E-state index contributed by atoms with van der Waals surface area (Å²) in [6.07, 6.45) is 10.1. The average Bonchev–Trinajstić information content (AvgIpc) is 3.08. The zero-order valence-corrected chi connectivity index (χ0v) is 18.4. The fourth-order valence-corrected chi connectivity index (χ4v) is 4.77. The molecule has 0 aromatic heterocycles. The molecule has 0 spiro atoms. The van der Waals surface area contributed by atoms with Crippen molar-refractivity contribution in [2.75, 3.05) is 26.8 Å². The molecule has 1 aromatic carbocycles. The van der Waals surface area contributed by atoms with Crippen molar-refractivity contribution in [3.63, 3.8) is 0 Å². The van der Waals surface area contributed by atoms with Crippen molar-refractivity contribution in [2.24, 2.45) is 0 Å². The van der Waals surface area contributed by atoms with Crippen LogP contribution in [0, 0.1) is 0 Å². The lowest BCUT2D eigenvalue weighted by Crippen LogP contribution is -2.43. The summed E-state index contributed by atoms with van der Waals surface area (Å²) in [4.78, 5) is 15.2. The average molecular weight is 422 g/mol. The molecular formula is C23H36ClN3O2. The van der Waals surface area contributed by atoms with Gasteiger partial charge in [-0.05, 0) is 37.0 Å². The predicted molar refractivity (Wildman–Crippen MR) is 118 cm³/mol. The smallest absolute Gasteiger partial charge is 0.237 e. The van der Waals surface area contributed by atoms with Gasteiger partial charge in [-0.3, -0.25) is 9.69 Å². The fourth-order valence-electron chi connectivity index (χ4n) is 4.65. The molecule has 3 rings (SSSR count). The van der Waals surface area contributed by atoms with Gasteiger partial charge in [-0.1, -0.05) is 55.8 Å². The molecule has 1 aliphatic heterocycles. The Morgan fingerprint density at radius 3 is 2.48 bits per heavy atom. The van der Waals surface area contributed by atoms with E-state index in [0.717, 1.165) is 24.5 Å². The van der Waals surface area contributed by atoms with Gasteiger partial charge in [0.15, 0.2) is 0 Å². The zero-order valence-electron chi connectivity index (χ0n) is 17.7. The largest absolute Gasteiger partial charge is 0.383 e. The van der Waals surface area contributed by atoms with Gasteiger partial charge in [-0.25, -0.2) is 0 Å². The number of hydrogen-bond donors (Lipinski definition) is 2. The fraction of sp³-hybridized carbons (Fsp3) is 0.696. The number of benzene rings is 1. The van der Waals surface area contributed by atoms with Gasteiger partial charge in [0.1, 0.15) is 0 Å². The van der Waals surface area contributed by atoms with Crippen molar-refractivity contribution in [2.45, 2.75) is 76.0 Å². The van der Waals surface area contributed by atoms with E-state index in [1.54, 1.807) is 7.11 Å². The van der Waals surface area contributed by atoms with Gasteiger partial charge >= 0.3 is 0 Å². The molecule has 0 unspecified atom stereocenters. The molecule has 1 aromatic rings. The van der Waals surface area contributed by atoms with Crippen LogP contribution in [-0.2, 0) is 16.1 Å². The lowest BCUT2D eigenvalue weighted by Gasteiger charge is -2.25. The van der Waals surface area contributed by atoms with E-state index in [4.69, 9.17) is 16.3 Å². The summed E-state index contributed by atoms with van der Waals surface area (Å²) in [5.74, 6) is 0.109. The summed E-state index contributed by atoms with van der Waals surface area (Å²) in [6.45, 7) is 2.77. The number of ether oxygens (including phenoxy) is 1. The standard InChI is InChI=1S/C23H36ClN3O2/c1-29-14-13-25-23(28)22-15-21(26-20-7-5-3-2-4-6-8-20)17-27(22)16-18-9-11-19(24)12-10-18/h9-12,20-22,26H,2-8,13-17H2,1H3,(H,25,28)/t21-,22-/m0/s1. The molecule has 1 saturated heterocycles. The quantitative estimate of drug-likeness (QED) is 0.627. The van der Waals surface area contributed by atoms with Gasteiger partial charge in [0.25, 0.3) is 0 Å². The van der Waals surface area contributed by atoms with Crippen molar-refractivity contribution in [3.05, 3.63) is 34.9 Å². The summed E-state index contributed by atoms with van der Waals surface area (Å²) < 4.78 is 5.08. The summed E-state index contributed by atoms with van der Waals surface area (Å²) >= 11 is 6.04. The van der Waals surface area contributed by atoms with Crippen molar-refractivity contribution >= 4 is 17.5 Å². The molecule has 1 aliphatic carbocycles. The molecular weight excluding hydrogens is 386 g/mol. The van der Waals surface area contributed by atoms with Gasteiger partial charge in [-0.15, -0.1) is 0 Å². The third kappa shape index (κ3) is 7.25. The van der Waals surface area contributed by atoms with Crippen LogP contribution < -0.4 is 10.6 Å². The topological polar surface area (TPSA) is 53.6 Å². The number of amides is 1. The number of methoxy groups -OCH3 is 1. The van der Waals surface area contributed by atoms with E-state index in [9.17, 15) is 4.79 Å². The Labute approximate surface area is 180 Å². The SMILES string of the molecule is COCCNC(=O)[C@@H]1C[C@H](NC2CCCCCCC2)CN1Cc1ccc(Cl)cc1. The highest BCUT2D eigenvalue weighted by molar-refractivity contribution is 6.30. The van der Waals surface area contributed by atoms with Crippen molar-refractivity contribution in [1.82, 2.24) is 15.5 Å². The summed E-state index contributed by atoms with van der Waals surface area (Å²) in [6, 6.07) is 8.80. The summed E-state index contributed by atoms with van der Waals surface area (Å²) in [7, 11) is 1.66. The number of nitrogens with zero attached hydrogens (tertiary/aromatic N) is 1. The molecule has 5 nitrogen and oxygen atoms in total. The van der Waals surface area contributed by atoms with Crippen LogP contribution in [0.3, 0.4) is 0 Å². The van der Waals surface area contributed by atoms with E-state index in [1.807, 2.05) is 12.1 Å². The van der Waals surface area contributed by atoms with Crippen LogP contribution in [0.25, 0.3) is 0 Å². The summed E-state index contributed by atoms with van der Waals surface area (Å²) in [5.41, 5.74) is 1.19. The number of rotatable bonds is 8. The minimum atomic E-state index is -0.103. The van der Waals surface area contributed by atoms with Gasteiger partial charge in [0.2, 0.25) is 5.91 Å². The minimum Gasteiger partial charge on any atom is -0.383 e. The Morgan fingerprint density at radius 1 is 1.10 bits per heavy atom. The molecule has 1 amide bonds. The Morgan fingerprint density at radius 2 is 1.79 bits per heavy atom. The van der Waals surface area contributed by atoms with Crippen LogP contribution >= 0.6 is 11.6 Å². The Bertz CT molecular complexity index is 617. The van der Waals surface area contributed by atoms with E-state index in [2.05, 4.69) is 27.7 Å². The van der Waals surface area contributed by atoms with E-state index in [0.29, 0.717) is 25.2 Å². The maximum atomic E-state index is 12.9. The molecule has 162 valence electrons. The predicted octanol–water partition coefficient (Wildman–Crippen LogP) is 3.75. The van der Waals surface area contributed by atoms with Gasteiger partial charge in [0.05, 0.1) is 12.6 Å². The van der Waals surface area contributed by atoms with Crippen LogP contribution in [0.5, 0.6) is 0 Å². The second kappa shape index (κ2) is 11.9. The first-order valence-corrected chi connectivity index (χ1v) is 11.5. The molecule has 1 heterocycles. The van der Waals surface area contributed by atoms with Crippen LogP contribution in [0.15, 0.2) is 24.3 Å². The number of halogens is 1. The molecule has 29 heavy (non-hydrogen) atoms. The normalized spacial score (nSPS) is 24.2. The van der Waals surface area contributed by atoms with Gasteiger partial charge in [0, 0.05) is 43.9 Å². The maximum absolute atomic E-state index is 12.9. The van der Waals surface area contributed by atoms with E-state index < -0.39 is 0 Å². The minimum absolute atomic E-state index is 0.103. The first-order chi connectivity index (χ1) is 14.2. The van der Waals surface area contributed by atoms with E-state index in [-0.39, 0.29) is 11.9 Å². The number of carbonyl (C=O) groups excluding carboxylic acids is 1. The zero-order chi connectivity index (χ0) is 20.5. The molecule has 0 bridgehead atoms. The van der Waals surface area contributed by atoms with Crippen molar-refractivity contribution in [1.29, 1.82) is 0 Å². The van der Waals surface area contributed by atoms with E-state index >= 15 is 0 Å². The number of likely N-dealkylation sites (tertiary alicyclic amines) is 1. The van der Waals surface area contributed by atoms with E-state index in [1.165, 1.54) is 50.5 Å². The molecule has 0 radical (unpaired) electrons. The summed E-state index contributed by atoms with van der Waals surface area (Å²) in [5, 5.41) is 7.68. The second-order valence-electron chi connectivity index (χ2n) is 8.50. The van der Waals surface area contributed by atoms with Crippen LogP contribution in [0.1, 0.15) is 56.9 Å². The third-order valence-corrected chi connectivity index (χ3v) is 6.44. The molecule has 2 fully saturated rings. The lowest BCUT2D eigenvalue weighted by atomic mass is 9.96. The lowest BCUT2D eigenvalue weighted by molar-refractivity contribution is -0.125. The molecule has 2 atom stereocenters. The van der Waals surface area contributed by atoms with Crippen molar-refractivity contribution < 1.29 is 9.53 Å². The van der Waals surface area contributed by atoms with Crippen LogP contribution in [0.4, 0.5) is 0 Å². The first-order valence-electron chi connectivity index (χ1n) is 11.2. The maximum Gasteiger partial charge on any atom is 0.237 e. The molecule has 2 N–H and O–H groups in total. The second-order valence-corrected chi connectivity index (χ2v) is 8.93. The number of nitrogens with one attached hydrogen (secondary N) is 2. The highest BCUT2D eigenvalue weighted by Crippen LogP contribution is 2.24. The number of carbonyl (C=O) groups is 1. The molecule has 1 saturated carbocycles. The van der Waals surface area contributed by atoms with Gasteiger partial charge in [-0.2, -0.15) is 0 Å². The Hall–Kier alpha value is -1.14. The van der Waals surface area contributed by atoms with Gasteiger partial charge < -0.3 is 15.4 Å². The molecule has 2 aliphatic rings. The van der Waals surface area contributed by atoms with Crippen LogP contribution in [0.2, 0.25) is 5.02 Å². The Balaban J connectivity index is 1.62.